The number of rotatable bonds is 2. The molecule has 0 bridgehead atoms. The largest absolute Gasteiger partial charge is 0.433 e. The van der Waals surface area contributed by atoms with Gasteiger partial charge in [0.05, 0.1) is 11.9 Å². The lowest BCUT2D eigenvalue weighted by molar-refractivity contribution is -0.142. The molecule has 1 atom stereocenters. The number of hydrogen-bond donors (Lipinski definition) is 0. The Balaban J connectivity index is 2.02. The van der Waals surface area contributed by atoms with E-state index in [4.69, 9.17) is 0 Å². The van der Waals surface area contributed by atoms with E-state index in [9.17, 15) is 21.6 Å². The zero-order chi connectivity index (χ0) is 17.7. The first-order valence-electron chi connectivity index (χ1n) is 7.45. The zero-order valence-electron chi connectivity index (χ0n) is 13.2. The highest BCUT2D eigenvalue weighted by Crippen LogP contribution is 2.32. The maximum atomic E-state index is 13.2. The Labute approximate surface area is 137 Å². The Morgan fingerprint density at radius 1 is 1.29 bits per heavy atom. The quantitative estimate of drug-likeness (QED) is 0.821. The minimum Gasteiger partial charge on any atom is -0.234 e. The molecule has 6 nitrogen and oxygen atoms in total. The van der Waals surface area contributed by atoms with Crippen molar-refractivity contribution in [3.63, 3.8) is 0 Å². The van der Waals surface area contributed by atoms with Crippen LogP contribution in [0.1, 0.15) is 35.8 Å². The van der Waals surface area contributed by atoms with E-state index >= 15 is 0 Å². The van der Waals surface area contributed by atoms with Crippen molar-refractivity contribution < 1.29 is 21.6 Å². The molecular weight excluding hydrogens is 345 g/mol. The van der Waals surface area contributed by atoms with Gasteiger partial charge in [0.1, 0.15) is 5.69 Å². The number of hydrogen-bond acceptors (Lipinski definition) is 4. The van der Waals surface area contributed by atoms with Gasteiger partial charge in [-0.15, -0.1) is 0 Å². The molecule has 0 aromatic carbocycles. The SMILES string of the molecule is Cc1cc(C(F)(F)F)n2nc([C@@H]3CCCN(S(C)(=O)=O)C3)cc2n1. The van der Waals surface area contributed by atoms with Gasteiger partial charge in [-0.1, -0.05) is 0 Å². The van der Waals surface area contributed by atoms with Crippen LogP contribution < -0.4 is 0 Å². The van der Waals surface area contributed by atoms with Crippen molar-refractivity contribution in [3.8, 4) is 0 Å². The molecular formula is C14H17F3N4O2S. The third-order valence-electron chi connectivity index (χ3n) is 4.14. The molecule has 1 fully saturated rings. The van der Waals surface area contributed by atoms with Gasteiger partial charge in [-0.3, -0.25) is 0 Å². The predicted molar refractivity (Wildman–Crippen MR) is 81.1 cm³/mol. The standard InChI is InChI=1S/C14H17F3N4O2S/c1-9-6-12(14(15,16)17)21-13(18-9)7-11(19-21)10-4-3-5-20(8-10)24(2,22)23/h6-7,10H,3-5,8H2,1-2H3/t10-/m1/s1. The molecule has 24 heavy (non-hydrogen) atoms. The fourth-order valence-corrected chi connectivity index (χ4v) is 3.92. The minimum atomic E-state index is -4.54. The summed E-state index contributed by atoms with van der Waals surface area (Å²) in [4.78, 5) is 4.10. The minimum absolute atomic E-state index is 0.119. The average Bonchev–Trinajstić information content (AvgIpc) is 2.88. The Bertz CT molecular complexity index is 876. The fourth-order valence-electron chi connectivity index (χ4n) is 3.00. The normalized spacial score (nSPS) is 20.6. The average molecular weight is 362 g/mol. The summed E-state index contributed by atoms with van der Waals surface area (Å²) in [5, 5.41) is 4.07. The number of alkyl halides is 3. The molecule has 0 unspecified atom stereocenters. The van der Waals surface area contributed by atoms with Crippen molar-refractivity contribution in [3.05, 3.63) is 29.2 Å². The van der Waals surface area contributed by atoms with Gasteiger partial charge in [-0.2, -0.15) is 18.3 Å². The topological polar surface area (TPSA) is 67.6 Å². The fraction of sp³-hybridized carbons (Fsp3) is 0.571. The van der Waals surface area contributed by atoms with Crippen LogP contribution in [0.5, 0.6) is 0 Å². The Morgan fingerprint density at radius 3 is 2.62 bits per heavy atom. The molecule has 0 spiro atoms. The number of sulfonamides is 1. The molecule has 0 radical (unpaired) electrons. The first kappa shape index (κ1) is 17.2. The van der Waals surface area contributed by atoms with E-state index in [0.717, 1.165) is 16.8 Å². The molecule has 2 aromatic rings. The van der Waals surface area contributed by atoms with Crippen LogP contribution in [0.2, 0.25) is 0 Å². The van der Waals surface area contributed by atoms with Crippen LogP contribution in [-0.2, 0) is 16.2 Å². The van der Waals surface area contributed by atoms with Gasteiger partial charge >= 0.3 is 6.18 Å². The molecule has 1 saturated heterocycles. The number of aromatic nitrogens is 3. The van der Waals surface area contributed by atoms with Crippen LogP contribution in [0.3, 0.4) is 0 Å². The van der Waals surface area contributed by atoms with Crippen LogP contribution in [0.4, 0.5) is 13.2 Å². The zero-order valence-corrected chi connectivity index (χ0v) is 14.0. The van der Waals surface area contributed by atoms with Crippen LogP contribution in [0.25, 0.3) is 5.65 Å². The van der Waals surface area contributed by atoms with Crippen molar-refractivity contribution in [2.45, 2.75) is 31.9 Å². The number of halogens is 3. The molecule has 3 rings (SSSR count). The molecule has 0 aliphatic carbocycles. The van der Waals surface area contributed by atoms with Gasteiger partial charge in [0.2, 0.25) is 10.0 Å². The molecule has 10 heteroatoms. The van der Waals surface area contributed by atoms with E-state index in [0.29, 0.717) is 25.1 Å². The number of fused-ring (bicyclic) bond motifs is 1. The Hall–Kier alpha value is -1.68. The lowest BCUT2D eigenvalue weighted by Gasteiger charge is -2.29. The van der Waals surface area contributed by atoms with Crippen molar-refractivity contribution in [1.29, 1.82) is 0 Å². The number of piperidine rings is 1. The van der Waals surface area contributed by atoms with Crippen LogP contribution >= 0.6 is 0 Å². The highest BCUT2D eigenvalue weighted by Gasteiger charge is 2.36. The number of aryl methyl sites for hydroxylation is 1. The molecule has 1 aliphatic heterocycles. The van der Waals surface area contributed by atoms with Crippen LogP contribution in [0, 0.1) is 6.92 Å². The van der Waals surface area contributed by atoms with E-state index < -0.39 is 21.9 Å². The molecule has 132 valence electrons. The number of nitrogens with zero attached hydrogens (tertiary/aromatic N) is 4. The van der Waals surface area contributed by atoms with E-state index in [-0.39, 0.29) is 23.8 Å². The van der Waals surface area contributed by atoms with E-state index in [2.05, 4.69) is 10.1 Å². The van der Waals surface area contributed by atoms with Gasteiger partial charge in [-0.25, -0.2) is 22.2 Å². The van der Waals surface area contributed by atoms with E-state index in [1.54, 1.807) is 0 Å². The van der Waals surface area contributed by atoms with Crippen molar-refractivity contribution >= 4 is 15.7 Å². The van der Waals surface area contributed by atoms with Crippen LogP contribution in [0.15, 0.2) is 12.1 Å². The maximum absolute atomic E-state index is 13.2. The summed E-state index contributed by atoms with van der Waals surface area (Å²) >= 11 is 0. The monoisotopic (exact) mass is 362 g/mol. The van der Waals surface area contributed by atoms with Gasteiger partial charge in [0, 0.05) is 30.8 Å². The third kappa shape index (κ3) is 3.25. The molecule has 0 amide bonds. The van der Waals surface area contributed by atoms with Gasteiger partial charge in [-0.05, 0) is 25.8 Å². The second-order valence-electron chi connectivity index (χ2n) is 6.08. The van der Waals surface area contributed by atoms with Crippen molar-refractivity contribution in [1.82, 2.24) is 18.9 Å². The summed E-state index contributed by atoms with van der Waals surface area (Å²) in [5.74, 6) is -0.239. The van der Waals surface area contributed by atoms with Gasteiger partial charge < -0.3 is 0 Å². The van der Waals surface area contributed by atoms with Crippen LogP contribution in [-0.4, -0.2) is 46.7 Å². The first-order valence-corrected chi connectivity index (χ1v) is 9.30. The Kier molecular flexibility index (Phi) is 4.07. The summed E-state index contributed by atoms with van der Waals surface area (Å²) < 4.78 is 65.1. The summed E-state index contributed by atoms with van der Waals surface area (Å²) in [6.07, 6.45) is -2.09. The maximum Gasteiger partial charge on any atom is 0.433 e. The molecule has 1 aliphatic rings. The van der Waals surface area contributed by atoms with Crippen molar-refractivity contribution in [2.24, 2.45) is 0 Å². The van der Waals surface area contributed by atoms with E-state index in [1.807, 2.05) is 0 Å². The summed E-state index contributed by atoms with van der Waals surface area (Å²) in [7, 11) is -3.33. The first-order chi connectivity index (χ1) is 11.1. The molecule has 2 aromatic heterocycles. The molecule has 0 N–H and O–H groups in total. The highest BCUT2D eigenvalue weighted by atomic mass is 32.2. The molecule has 0 saturated carbocycles. The third-order valence-corrected chi connectivity index (χ3v) is 5.41. The summed E-state index contributed by atoms with van der Waals surface area (Å²) in [6, 6.07) is 2.46. The van der Waals surface area contributed by atoms with Gasteiger partial charge in [0.25, 0.3) is 0 Å². The Morgan fingerprint density at radius 2 is 2.00 bits per heavy atom. The summed E-state index contributed by atoms with van der Waals surface area (Å²) in [6.45, 7) is 2.14. The lowest BCUT2D eigenvalue weighted by Crippen LogP contribution is -2.38. The smallest absolute Gasteiger partial charge is 0.234 e. The highest BCUT2D eigenvalue weighted by molar-refractivity contribution is 7.88. The van der Waals surface area contributed by atoms with E-state index in [1.165, 1.54) is 17.3 Å². The second kappa shape index (κ2) is 5.69. The lowest BCUT2D eigenvalue weighted by atomic mass is 9.96. The summed E-state index contributed by atoms with van der Waals surface area (Å²) in [5.41, 5.74) is -0.0736. The van der Waals surface area contributed by atoms with Crippen molar-refractivity contribution in [2.75, 3.05) is 19.3 Å². The predicted octanol–water partition coefficient (Wildman–Crippen LogP) is 2.20. The molecule has 3 heterocycles. The second-order valence-corrected chi connectivity index (χ2v) is 8.06. The van der Waals surface area contributed by atoms with Gasteiger partial charge in [0.15, 0.2) is 5.65 Å².